The molecule has 2 heteroatoms. The Hall–Kier alpha value is -3.52. The summed E-state index contributed by atoms with van der Waals surface area (Å²) in [6.07, 6.45) is 0. The van der Waals surface area contributed by atoms with Crippen LogP contribution in [-0.4, -0.2) is 4.57 Å². The van der Waals surface area contributed by atoms with Crippen molar-refractivity contribution in [3.8, 4) is 5.69 Å². The third-order valence-corrected chi connectivity index (χ3v) is 6.93. The highest BCUT2D eigenvalue weighted by Crippen LogP contribution is 2.52. The second-order valence-electron chi connectivity index (χ2n) is 9.28. The molecule has 0 bridgehead atoms. The zero-order valence-electron chi connectivity index (χ0n) is 18.2. The fraction of sp³-hybridized carbons (Fsp3) is 0.172. The fourth-order valence-electron chi connectivity index (χ4n) is 5.42. The molecule has 0 aliphatic carbocycles. The third kappa shape index (κ3) is 2.58. The molecule has 1 unspecified atom stereocenters. The highest BCUT2D eigenvalue weighted by Gasteiger charge is 2.42. The maximum absolute atomic E-state index is 3.85. The van der Waals surface area contributed by atoms with Crippen molar-refractivity contribution in [1.82, 2.24) is 4.57 Å². The van der Waals surface area contributed by atoms with Crippen molar-refractivity contribution in [2.75, 3.05) is 5.32 Å². The molecule has 1 aromatic heterocycles. The second kappa shape index (κ2) is 6.49. The highest BCUT2D eigenvalue weighted by atomic mass is 15.0. The molecule has 1 N–H and O–H groups in total. The molecule has 2 heterocycles. The number of anilines is 1. The first-order valence-electron chi connectivity index (χ1n) is 11.0. The molecular formula is C29H26N2. The smallest absolute Gasteiger partial charge is 0.0606 e. The van der Waals surface area contributed by atoms with Crippen molar-refractivity contribution < 1.29 is 0 Å². The lowest BCUT2D eigenvalue weighted by Gasteiger charge is -2.29. The number of aromatic nitrogens is 1. The summed E-state index contributed by atoms with van der Waals surface area (Å²) < 4.78 is 2.46. The van der Waals surface area contributed by atoms with Gasteiger partial charge in [-0.1, -0.05) is 86.1 Å². The lowest BCUT2D eigenvalue weighted by molar-refractivity contribution is 0.476. The zero-order valence-corrected chi connectivity index (χ0v) is 18.2. The molecular weight excluding hydrogens is 376 g/mol. The van der Waals surface area contributed by atoms with Crippen molar-refractivity contribution in [3.63, 3.8) is 0 Å². The number of nitrogens with zero attached hydrogens (tertiary/aromatic N) is 1. The van der Waals surface area contributed by atoms with Gasteiger partial charge in [0.25, 0.3) is 0 Å². The summed E-state index contributed by atoms with van der Waals surface area (Å²) in [4.78, 5) is 0. The van der Waals surface area contributed by atoms with Crippen LogP contribution in [0.3, 0.4) is 0 Å². The first kappa shape index (κ1) is 18.3. The summed E-state index contributed by atoms with van der Waals surface area (Å²) in [5, 5.41) is 6.48. The molecule has 1 aliphatic heterocycles. The first-order valence-corrected chi connectivity index (χ1v) is 11.0. The van der Waals surface area contributed by atoms with Crippen molar-refractivity contribution >= 4 is 27.5 Å². The summed E-state index contributed by atoms with van der Waals surface area (Å²) in [6.45, 7) is 6.89. The molecule has 1 aliphatic rings. The van der Waals surface area contributed by atoms with Crippen LogP contribution in [0.4, 0.5) is 5.69 Å². The molecule has 0 saturated carbocycles. The Kier molecular flexibility index (Phi) is 3.82. The Morgan fingerprint density at radius 2 is 1.45 bits per heavy atom. The van der Waals surface area contributed by atoms with E-state index in [1.165, 1.54) is 49.9 Å². The first-order chi connectivity index (χ1) is 15.1. The minimum absolute atomic E-state index is 0.0625. The van der Waals surface area contributed by atoms with Crippen LogP contribution in [-0.2, 0) is 5.41 Å². The Labute approximate surface area is 183 Å². The average Bonchev–Trinajstić information content (AvgIpc) is 3.26. The van der Waals surface area contributed by atoms with E-state index in [2.05, 4.69) is 122 Å². The van der Waals surface area contributed by atoms with Crippen molar-refractivity contribution in [2.45, 2.75) is 32.2 Å². The summed E-state index contributed by atoms with van der Waals surface area (Å²) >= 11 is 0. The molecule has 1 atom stereocenters. The number of fused-ring (bicyclic) bond motifs is 5. The van der Waals surface area contributed by atoms with E-state index in [4.69, 9.17) is 0 Å². The van der Waals surface area contributed by atoms with Gasteiger partial charge in [0, 0.05) is 33.1 Å². The summed E-state index contributed by atoms with van der Waals surface area (Å²) in [6, 6.07) is 33.3. The van der Waals surface area contributed by atoms with Gasteiger partial charge in [-0.15, -0.1) is 0 Å². The van der Waals surface area contributed by atoms with Crippen molar-refractivity contribution in [1.29, 1.82) is 0 Å². The van der Waals surface area contributed by atoms with Gasteiger partial charge in [-0.2, -0.15) is 0 Å². The Bertz CT molecular complexity index is 1420. The van der Waals surface area contributed by atoms with E-state index in [0.29, 0.717) is 0 Å². The minimum Gasteiger partial charge on any atom is -0.377 e. The number of nitrogens with one attached hydrogen (secondary N) is 1. The Balaban J connectivity index is 1.70. The van der Waals surface area contributed by atoms with Crippen LogP contribution < -0.4 is 5.32 Å². The van der Waals surface area contributed by atoms with Crippen LogP contribution in [0.5, 0.6) is 0 Å². The molecule has 2 nitrogen and oxygen atoms in total. The minimum atomic E-state index is -0.0625. The molecule has 0 spiro atoms. The van der Waals surface area contributed by atoms with E-state index in [1.54, 1.807) is 0 Å². The molecule has 4 aromatic carbocycles. The van der Waals surface area contributed by atoms with Crippen LogP contribution in [0.1, 0.15) is 36.6 Å². The van der Waals surface area contributed by atoms with E-state index in [9.17, 15) is 0 Å². The molecule has 0 radical (unpaired) electrons. The maximum atomic E-state index is 3.85. The predicted octanol–water partition coefficient (Wildman–Crippen LogP) is 7.54. The average molecular weight is 403 g/mol. The van der Waals surface area contributed by atoms with Gasteiger partial charge in [0.15, 0.2) is 0 Å². The predicted molar refractivity (Wildman–Crippen MR) is 131 cm³/mol. The molecule has 0 fully saturated rings. The van der Waals surface area contributed by atoms with Crippen molar-refractivity contribution in [3.05, 3.63) is 108 Å². The van der Waals surface area contributed by atoms with E-state index in [0.717, 1.165) is 0 Å². The SMILES string of the molecule is Cc1ccc(-n2c3ccccc3c3ccc4c(c32)C(C)(C)C(c2ccccc2)N4)cc1. The second-order valence-corrected chi connectivity index (χ2v) is 9.28. The third-order valence-electron chi connectivity index (χ3n) is 6.93. The lowest BCUT2D eigenvalue weighted by atomic mass is 9.77. The quantitative estimate of drug-likeness (QED) is 0.323. The van der Waals surface area contributed by atoms with Gasteiger partial charge >= 0.3 is 0 Å². The largest absolute Gasteiger partial charge is 0.377 e. The van der Waals surface area contributed by atoms with Crippen LogP contribution in [0, 0.1) is 6.92 Å². The topological polar surface area (TPSA) is 17.0 Å². The summed E-state index contributed by atoms with van der Waals surface area (Å²) in [5.74, 6) is 0. The van der Waals surface area contributed by atoms with Crippen LogP contribution in [0.15, 0.2) is 91.0 Å². The standard InChI is InChI=1S/C29H26N2/c1-19-13-15-21(16-14-19)31-25-12-8-7-11-22(25)23-17-18-24-26(27(23)31)29(2,3)28(30-24)20-9-5-4-6-10-20/h4-18,28,30H,1-3H3. The van der Waals surface area contributed by atoms with Gasteiger partial charge in [-0.3, -0.25) is 0 Å². The number of hydrogen-bond donors (Lipinski definition) is 1. The molecule has 5 aromatic rings. The van der Waals surface area contributed by atoms with Gasteiger partial charge in [0.1, 0.15) is 0 Å². The molecule has 6 rings (SSSR count). The number of para-hydroxylation sites is 1. The van der Waals surface area contributed by atoms with E-state index < -0.39 is 0 Å². The number of hydrogen-bond acceptors (Lipinski definition) is 1. The summed E-state index contributed by atoms with van der Waals surface area (Å²) in [5.41, 5.74) is 8.97. The van der Waals surface area contributed by atoms with Gasteiger partial charge < -0.3 is 9.88 Å². The number of aryl methyl sites for hydroxylation is 1. The van der Waals surface area contributed by atoms with E-state index >= 15 is 0 Å². The Morgan fingerprint density at radius 3 is 2.23 bits per heavy atom. The fourth-order valence-corrected chi connectivity index (χ4v) is 5.42. The molecule has 152 valence electrons. The van der Waals surface area contributed by atoms with Gasteiger partial charge in [0.2, 0.25) is 0 Å². The van der Waals surface area contributed by atoms with Gasteiger partial charge in [0.05, 0.1) is 17.1 Å². The van der Waals surface area contributed by atoms with Crippen molar-refractivity contribution in [2.24, 2.45) is 0 Å². The number of benzene rings is 4. The summed E-state index contributed by atoms with van der Waals surface area (Å²) in [7, 11) is 0. The van der Waals surface area contributed by atoms with Gasteiger partial charge in [-0.25, -0.2) is 0 Å². The molecule has 0 amide bonds. The monoisotopic (exact) mass is 402 g/mol. The van der Waals surface area contributed by atoms with E-state index in [1.807, 2.05) is 0 Å². The van der Waals surface area contributed by atoms with Crippen LogP contribution in [0.2, 0.25) is 0 Å². The highest BCUT2D eigenvalue weighted by molar-refractivity contribution is 6.12. The number of rotatable bonds is 2. The van der Waals surface area contributed by atoms with E-state index in [-0.39, 0.29) is 11.5 Å². The zero-order chi connectivity index (χ0) is 21.2. The Morgan fingerprint density at radius 1 is 0.742 bits per heavy atom. The van der Waals surface area contributed by atoms with Crippen LogP contribution >= 0.6 is 0 Å². The lowest BCUT2D eigenvalue weighted by Crippen LogP contribution is -2.25. The maximum Gasteiger partial charge on any atom is 0.0606 e. The van der Waals surface area contributed by atoms with Gasteiger partial charge in [-0.05, 0) is 36.8 Å². The molecule has 31 heavy (non-hydrogen) atoms. The van der Waals surface area contributed by atoms with Crippen LogP contribution in [0.25, 0.3) is 27.5 Å². The molecule has 0 saturated heterocycles. The normalized spacial score (nSPS) is 17.1.